The van der Waals surface area contributed by atoms with Crippen LogP contribution in [0.4, 0.5) is 0 Å². The number of rotatable bonds is 16. The second-order valence-electron chi connectivity index (χ2n) is 7.87. The molecule has 0 amide bonds. The number of unbranched alkanes of at least 4 members (excludes halogenated alkanes) is 11. The normalized spacial score (nSPS) is 10.7. The number of imidazole rings is 1. The van der Waals surface area contributed by atoms with Crippen LogP contribution < -0.4 is 26.3 Å². The second kappa shape index (κ2) is 16.5. The lowest BCUT2D eigenvalue weighted by Crippen LogP contribution is -3.00. The molecular formula is C25H41BrN2O. The fraction of sp³-hybridized carbons (Fsp3) is 0.640. The van der Waals surface area contributed by atoms with E-state index in [2.05, 4.69) is 46.9 Å². The molecule has 164 valence electrons. The van der Waals surface area contributed by atoms with Crippen molar-refractivity contribution in [1.82, 2.24) is 4.57 Å². The summed E-state index contributed by atoms with van der Waals surface area (Å²) in [5.74, 6) is 0.933. The molecule has 1 heterocycles. The SMILES string of the molecule is CCCCCCCCCCCCCC[n+]1ccn(-c2ccc(OCC)cc2)c1.[Br-]. The van der Waals surface area contributed by atoms with E-state index in [1.54, 1.807) is 0 Å². The Morgan fingerprint density at radius 2 is 1.31 bits per heavy atom. The standard InChI is InChI=1S/C25H41N2O.BrH/c1-3-5-6-7-8-9-10-11-12-13-14-15-20-26-21-22-27(23-26)24-16-18-25(19-17-24)28-4-2;/h16-19,21-23H,3-15,20H2,1-2H3;1H/q+1;/p-1. The molecule has 0 aliphatic heterocycles. The lowest BCUT2D eigenvalue weighted by atomic mass is 10.1. The van der Waals surface area contributed by atoms with E-state index < -0.39 is 0 Å². The highest BCUT2D eigenvalue weighted by atomic mass is 79.9. The second-order valence-corrected chi connectivity index (χ2v) is 7.87. The minimum atomic E-state index is 0. The van der Waals surface area contributed by atoms with E-state index in [0.717, 1.165) is 12.3 Å². The zero-order chi connectivity index (χ0) is 19.9. The highest BCUT2D eigenvalue weighted by Crippen LogP contribution is 2.15. The van der Waals surface area contributed by atoms with Gasteiger partial charge in [0.1, 0.15) is 23.8 Å². The number of hydrogen-bond acceptors (Lipinski definition) is 1. The number of benzene rings is 1. The molecule has 0 saturated heterocycles. The first-order valence-electron chi connectivity index (χ1n) is 11.6. The molecule has 0 unspecified atom stereocenters. The van der Waals surface area contributed by atoms with Crippen LogP contribution in [0.5, 0.6) is 5.75 Å². The average Bonchev–Trinajstić information content (AvgIpc) is 3.18. The number of hydrogen-bond donors (Lipinski definition) is 0. The van der Waals surface area contributed by atoms with E-state index in [4.69, 9.17) is 4.74 Å². The molecule has 0 fully saturated rings. The summed E-state index contributed by atoms with van der Waals surface area (Å²) < 4.78 is 9.99. The fourth-order valence-corrected chi connectivity index (χ4v) is 3.70. The summed E-state index contributed by atoms with van der Waals surface area (Å²) >= 11 is 0. The molecule has 3 nitrogen and oxygen atoms in total. The number of aromatic nitrogens is 2. The molecule has 0 spiro atoms. The van der Waals surface area contributed by atoms with Crippen molar-refractivity contribution in [3.05, 3.63) is 43.0 Å². The smallest absolute Gasteiger partial charge is 0.248 e. The topological polar surface area (TPSA) is 18.0 Å². The van der Waals surface area contributed by atoms with Gasteiger partial charge in [-0.1, -0.05) is 71.1 Å². The van der Waals surface area contributed by atoms with Crippen molar-refractivity contribution in [3.8, 4) is 11.4 Å². The summed E-state index contributed by atoms with van der Waals surface area (Å²) in [4.78, 5) is 0. The molecule has 4 heteroatoms. The Labute approximate surface area is 189 Å². The molecule has 0 atom stereocenters. The van der Waals surface area contributed by atoms with Crippen molar-refractivity contribution in [2.45, 2.75) is 97.4 Å². The van der Waals surface area contributed by atoms with Crippen LogP contribution in [0.1, 0.15) is 90.9 Å². The maximum atomic E-state index is 5.51. The van der Waals surface area contributed by atoms with E-state index in [-0.39, 0.29) is 17.0 Å². The molecule has 0 radical (unpaired) electrons. The quantitative estimate of drug-likeness (QED) is 0.272. The van der Waals surface area contributed by atoms with Crippen molar-refractivity contribution < 1.29 is 26.3 Å². The molecule has 2 rings (SSSR count). The van der Waals surface area contributed by atoms with Gasteiger partial charge >= 0.3 is 0 Å². The average molecular weight is 466 g/mol. The predicted octanol–water partition coefficient (Wildman–Crippen LogP) is 3.87. The molecule has 0 aliphatic carbocycles. The van der Waals surface area contributed by atoms with E-state index in [9.17, 15) is 0 Å². The monoisotopic (exact) mass is 464 g/mol. The minimum Gasteiger partial charge on any atom is -1.00 e. The largest absolute Gasteiger partial charge is 1.00 e. The van der Waals surface area contributed by atoms with Gasteiger partial charge in [-0.05, 0) is 44.0 Å². The first kappa shape index (κ1) is 25.7. The Bertz CT molecular complexity index is 624. The van der Waals surface area contributed by atoms with Gasteiger partial charge in [0.05, 0.1) is 13.2 Å². The molecule has 0 N–H and O–H groups in total. The van der Waals surface area contributed by atoms with Crippen LogP contribution in [0.25, 0.3) is 5.69 Å². The van der Waals surface area contributed by atoms with Gasteiger partial charge in [-0.3, -0.25) is 0 Å². The van der Waals surface area contributed by atoms with Crippen molar-refractivity contribution >= 4 is 0 Å². The first-order valence-corrected chi connectivity index (χ1v) is 11.6. The van der Waals surface area contributed by atoms with Crippen LogP contribution >= 0.6 is 0 Å². The predicted molar refractivity (Wildman–Crippen MR) is 118 cm³/mol. The van der Waals surface area contributed by atoms with Gasteiger partial charge in [-0.15, -0.1) is 0 Å². The highest BCUT2D eigenvalue weighted by Gasteiger charge is 2.06. The Morgan fingerprint density at radius 1 is 0.759 bits per heavy atom. The van der Waals surface area contributed by atoms with Crippen molar-refractivity contribution in [2.75, 3.05) is 6.61 Å². The van der Waals surface area contributed by atoms with Crippen LogP contribution in [0.2, 0.25) is 0 Å². The van der Waals surface area contributed by atoms with Gasteiger partial charge in [0.15, 0.2) is 0 Å². The molecule has 2 aromatic rings. The van der Waals surface area contributed by atoms with Crippen LogP contribution in [0, 0.1) is 0 Å². The zero-order valence-electron chi connectivity index (χ0n) is 18.6. The third-order valence-corrected chi connectivity index (χ3v) is 5.41. The van der Waals surface area contributed by atoms with E-state index in [1.807, 2.05) is 19.1 Å². The van der Waals surface area contributed by atoms with Gasteiger partial charge in [-0.25, -0.2) is 9.13 Å². The highest BCUT2D eigenvalue weighted by molar-refractivity contribution is 5.36. The molecule has 1 aromatic heterocycles. The summed E-state index contributed by atoms with van der Waals surface area (Å²) in [5, 5.41) is 0. The third kappa shape index (κ3) is 10.9. The summed E-state index contributed by atoms with van der Waals surface area (Å²) in [7, 11) is 0. The lowest BCUT2D eigenvalue weighted by Gasteiger charge is -2.03. The number of nitrogens with zero attached hydrogens (tertiary/aromatic N) is 2. The fourth-order valence-electron chi connectivity index (χ4n) is 3.70. The van der Waals surface area contributed by atoms with E-state index in [0.29, 0.717) is 6.61 Å². The summed E-state index contributed by atoms with van der Waals surface area (Å²) in [5.41, 5.74) is 1.18. The third-order valence-electron chi connectivity index (χ3n) is 5.41. The Balaban J connectivity index is 0.00000420. The summed E-state index contributed by atoms with van der Waals surface area (Å²) in [6.45, 7) is 6.12. The lowest BCUT2D eigenvalue weighted by molar-refractivity contribution is -0.696. The van der Waals surface area contributed by atoms with Gasteiger partial charge in [0.2, 0.25) is 6.33 Å². The Hall–Kier alpha value is -1.29. The summed E-state index contributed by atoms with van der Waals surface area (Å²) in [6.07, 6.45) is 23.3. The van der Waals surface area contributed by atoms with Crippen LogP contribution in [0.15, 0.2) is 43.0 Å². The Morgan fingerprint density at radius 3 is 1.86 bits per heavy atom. The molecule has 0 saturated carbocycles. The molecule has 0 bridgehead atoms. The van der Waals surface area contributed by atoms with E-state index >= 15 is 0 Å². The van der Waals surface area contributed by atoms with Gasteiger partial charge in [-0.2, -0.15) is 0 Å². The van der Waals surface area contributed by atoms with Gasteiger partial charge in [0, 0.05) is 0 Å². The van der Waals surface area contributed by atoms with Crippen molar-refractivity contribution in [2.24, 2.45) is 0 Å². The minimum absolute atomic E-state index is 0. The number of ether oxygens (including phenoxy) is 1. The number of halogens is 1. The van der Waals surface area contributed by atoms with Crippen LogP contribution in [0.3, 0.4) is 0 Å². The number of aryl methyl sites for hydroxylation is 1. The van der Waals surface area contributed by atoms with Crippen molar-refractivity contribution in [1.29, 1.82) is 0 Å². The zero-order valence-corrected chi connectivity index (χ0v) is 20.2. The molecule has 0 aliphatic rings. The molecule has 29 heavy (non-hydrogen) atoms. The Kier molecular flexibility index (Phi) is 14.6. The van der Waals surface area contributed by atoms with Gasteiger partial charge < -0.3 is 21.7 Å². The summed E-state index contributed by atoms with van der Waals surface area (Å²) in [6, 6.07) is 8.29. The van der Waals surface area contributed by atoms with Crippen molar-refractivity contribution in [3.63, 3.8) is 0 Å². The van der Waals surface area contributed by atoms with E-state index in [1.165, 1.54) is 82.7 Å². The van der Waals surface area contributed by atoms with Gasteiger partial charge in [0.25, 0.3) is 0 Å². The maximum absolute atomic E-state index is 5.51. The molecular weight excluding hydrogens is 424 g/mol. The maximum Gasteiger partial charge on any atom is 0.248 e. The van der Waals surface area contributed by atoms with Crippen LogP contribution in [-0.4, -0.2) is 11.2 Å². The first-order chi connectivity index (χ1) is 13.8. The van der Waals surface area contributed by atoms with Crippen LogP contribution in [-0.2, 0) is 6.54 Å². The molecule has 1 aromatic carbocycles.